The third kappa shape index (κ3) is 4.94. The van der Waals surface area contributed by atoms with Gasteiger partial charge >= 0.3 is 0 Å². The molecule has 0 aromatic heterocycles. The number of amides is 1. The molecule has 4 heteroatoms. The number of hydrogen-bond acceptors (Lipinski definition) is 3. The molecule has 20 heavy (non-hydrogen) atoms. The maximum atomic E-state index is 12.1. The van der Waals surface area contributed by atoms with Gasteiger partial charge in [0.05, 0.1) is 5.92 Å². The Morgan fingerprint density at radius 2 is 1.85 bits per heavy atom. The number of nitrogens with zero attached hydrogens (tertiary/aromatic N) is 1. The van der Waals surface area contributed by atoms with E-state index in [-0.39, 0.29) is 17.9 Å². The highest BCUT2D eigenvalue weighted by Gasteiger charge is 2.21. The highest BCUT2D eigenvalue weighted by atomic mass is 16.1. The van der Waals surface area contributed by atoms with E-state index in [0.717, 1.165) is 25.2 Å². The fourth-order valence-electron chi connectivity index (χ4n) is 2.17. The number of nitrogens with one attached hydrogen (secondary N) is 1. The van der Waals surface area contributed by atoms with Gasteiger partial charge in [0.2, 0.25) is 5.91 Å². The van der Waals surface area contributed by atoms with Crippen molar-refractivity contribution in [3.05, 3.63) is 35.9 Å². The Hall–Kier alpha value is -1.39. The van der Waals surface area contributed by atoms with Crippen molar-refractivity contribution in [2.75, 3.05) is 26.2 Å². The van der Waals surface area contributed by atoms with Gasteiger partial charge in [0, 0.05) is 19.1 Å². The van der Waals surface area contributed by atoms with Gasteiger partial charge in [-0.25, -0.2) is 0 Å². The summed E-state index contributed by atoms with van der Waals surface area (Å²) in [7, 11) is 0. The molecule has 0 aliphatic carbocycles. The SMILES string of the molecule is CCN(CC)CCNC(=O)C(C)C(N)c1ccccc1. The number of carbonyl (C=O) groups excluding carboxylic acids is 1. The average molecular weight is 277 g/mol. The second-order valence-electron chi connectivity index (χ2n) is 5.04. The molecule has 0 spiro atoms. The molecule has 1 aromatic carbocycles. The van der Waals surface area contributed by atoms with Crippen LogP contribution in [0.15, 0.2) is 30.3 Å². The van der Waals surface area contributed by atoms with E-state index in [1.54, 1.807) is 0 Å². The van der Waals surface area contributed by atoms with Crippen molar-refractivity contribution in [3.63, 3.8) is 0 Å². The van der Waals surface area contributed by atoms with Gasteiger partial charge in [0.15, 0.2) is 0 Å². The molecule has 0 aliphatic rings. The first-order chi connectivity index (χ1) is 9.60. The second-order valence-corrected chi connectivity index (χ2v) is 5.04. The second kappa shape index (κ2) is 8.72. The predicted molar refractivity (Wildman–Crippen MR) is 83.3 cm³/mol. The maximum Gasteiger partial charge on any atom is 0.224 e. The Kier molecular flexibility index (Phi) is 7.26. The molecule has 0 aliphatic heterocycles. The van der Waals surface area contributed by atoms with Crippen LogP contribution >= 0.6 is 0 Å². The van der Waals surface area contributed by atoms with Crippen LogP contribution in [0.2, 0.25) is 0 Å². The fraction of sp³-hybridized carbons (Fsp3) is 0.562. The quantitative estimate of drug-likeness (QED) is 0.761. The number of rotatable bonds is 8. The summed E-state index contributed by atoms with van der Waals surface area (Å²) in [6.45, 7) is 9.69. The van der Waals surface area contributed by atoms with Crippen LogP contribution in [0, 0.1) is 5.92 Å². The highest BCUT2D eigenvalue weighted by Crippen LogP contribution is 2.18. The molecule has 1 aromatic rings. The number of benzene rings is 1. The lowest BCUT2D eigenvalue weighted by Crippen LogP contribution is -2.39. The zero-order valence-corrected chi connectivity index (χ0v) is 12.8. The molecule has 0 saturated heterocycles. The van der Waals surface area contributed by atoms with E-state index in [0.29, 0.717) is 6.54 Å². The molecule has 0 bridgehead atoms. The molecule has 3 N–H and O–H groups in total. The van der Waals surface area contributed by atoms with Crippen molar-refractivity contribution in [3.8, 4) is 0 Å². The largest absolute Gasteiger partial charge is 0.355 e. The molecule has 0 saturated carbocycles. The summed E-state index contributed by atoms with van der Waals surface area (Å²) in [5, 5.41) is 2.97. The predicted octanol–water partition coefficient (Wildman–Crippen LogP) is 1.78. The summed E-state index contributed by atoms with van der Waals surface area (Å²) in [5.74, 6) is -0.206. The maximum absolute atomic E-state index is 12.1. The molecule has 2 atom stereocenters. The van der Waals surface area contributed by atoms with E-state index in [2.05, 4.69) is 24.1 Å². The topological polar surface area (TPSA) is 58.4 Å². The Labute approximate surface area is 122 Å². The lowest BCUT2D eigenvalue weighted by Gasteiger charge is -2.22. The number of hydrogen-bond donors (Lipinski definition) is 2. The zero-order valence-electron chi connectivity index (χ0n) is 12.8. The van der Waals surface area contributed by atoms with Crippen molar-refractivity contribution in [2.24, 2.45) is 11.7 Å². The molecule has 0 radical (unpaired) electrons. The van der Waals surface area contributed by atoms with Crippen molar-refractivity contribution >= 4 is 5.91 Å². The monoisotopic (exact) mass is 277 g/mol. The zero-order chi connectivity index (χ0) is 15.0. The van der Waals surface area contributed by atoms with Crippen LogP contribution in [-0.4, -0.2) is 37.0 Å². The highest BCUT2D eigenvalue weighted by molar-refractivity contribution is 5.79. The number of likely N-dealkylation sites (N-methyl/N-ethyl adjacent to an activating group) is 1. The van der Waals surface area contributed by atoms with E-state index < -0.39 is 0 Å². The van der Waals surface area contributed by atoms with E-state index >= 15 is 0 Å². The van der Waals surface area contributed by atoms with Crippen molar-refractivity contribution in [1.82, 2.24) is 10.2 Å². The summed E-state index contributed by atoms with van der Waals surface area (Å²) in [6, 6.07) is 9.50. The van der Waals surface area contributed by atoms with Crippen molar-refractivity contribution < 1.29 is 4.79 Å². The third-order valence-electron chi connectivity index (χ3n) is 3.76. The van der Waals surface area contributed by atoms with E-state index in [9.17, 15) is 4.79 Å². The van der Waals surface area contributed by atoms with Gasteiger partial charge in [-0.15, -0.1) is 0 Å². The molecule has 2 unspecified atom stereocenters. The van der Waals surface area contributed by atoms with Gasteiger partial charge in [-0.05, 0) is 18.7 Å². The van der Waals surface area contributed by atoms with Crippen LogP contribution in [0.3, 0.4) is 0 Å². The van der Waals surface area contributed by atoms with Crippen LogP contribution in [0.5, 0.6) is 0 Å². The Morgan fingerprint density at radius 3 is 2.40 bits per heavy atom. The Morgan fingerprint density at radius 1 is 1.25 bits per heavy atom. The lowest BCUT2D eigenvalue weighted by molar-refractivity contribution is -0.125. The summed E-state index contributed by atoms with van der Waals surface area (Å²) in [4.78, 5) is 14.4. The smallest absolute Gasteiger partial charge is 0.224 e. The normalized spacial score (nSPS) is 14.1. The summed E-state index contributed by atoms with van der Waals surface area (Å²) < 4.78 is 0. The molecular weight excluding hydrogens is 250 g/mol. The fourth-order valence-corrected chi connectivity index (χ4v) is 2.17. The Bertz CT molecular complexity index is 390. The number of carbonyl (C=O) groups is 1. The first-order valence-electron chi connectivity index (χ1n) is 7.40. The molecule has 1 rings (SSSR count). The standard InChI is InChI=1S/C16H27N3O/c1-4-19(5-2)12-11-18-16(20)13(3)15(17)14-9-7-6-8-10-14/h6-10,13,15H,4-5,11-12,17H2,1-3H3,(H,18,20). The van der Waals surface area contributed by atoms with Crippen LogP contribution in [0.4, 0.5) is 0 Å². The van der Waals surface area contributed by atoms with Crippen LogP contribution in [0.25, 0.3) is 0 Å². The minimum Gasteiger partial charge on any atom is -0.355 e. The van der Waals surface area contributed by atoms with Gasteiger partial charge in [-0.1, -0.05) is 51.1 Å². The van der Waals surface area contributed by atoms with Gasteiger partial charge in [0.1, 0.15) is 0 Å². The molecular formula is C16H27N3O. The lowest BCUT2D eigenvalue weighted by atomic mass is 9.95. The Balaban J connectivity index is 2.43. The first-order valence-corrected chi connectivity index (χ1v) is 7.40. The summed E-state index contributed by atoms with van der Waals surface area (Å²) in [6.07, 6.45) is 0. The first kappa shape index (κ1) is 16.7. The molecule has 112 valence electrons. The summed E-state index contributed by atoms with van der Waals surface area (Å²) >= 11 is 0. The van der Waals surface area contributed by atoms with E-state index in [4.69, 9.17) is 5.73 Å². The van der Waals surface area contributed by atoms with Crippen LogP contribution in [0.1, 0.15) is 32.4 Å². The van der Waals surface area contributed by atoms with Crippen molar-refractivity contribution in [1.29, 1.82) is 0 Å². The van der Waals surface area contributed by atoms with Gasteiger partial charge in [-0.2, -0.15) is 0 Å². The number of nitrogens with two attached hydrogens (primary N) is 1. The summed E-state index contributed by atoms with van der Waals surface area (Å²) in [5.41, 5.74) is 7.15. The van der Waals surface area contributed by atoms with Crippen LogP contribution < -0.4 is 11.1 Å². The molecule has 4 nitrogen and oxygen atoms in total. The van der Waals surface area contributed by atoms with E-state index in [1.165, 1.54) is 0 Å². The molecule has 1 amide bonds. The van der Waals surface area contributed by atoms with Gasteiger partial charge in [0.25, 0.3) is 0 Å². The average Bonchev–Trinajstić information content (AvgIpc) is 2.50. The van der Waals surface area contributed by atoms with E-state index in [1.807, 2.05) is 37.3 Å². The molecule has 0 fully saturated rings. The van der Waals surface area contributed by atoms with Crippen molar-refractivity contribution in [2.45, 2.75) is 26.8 Å². The van der Waals surface area contributed by atoms with Gasteiger partial charge in [-0.3, -0.25) is 4.79 Å². The third-order valence-corrected chi connectivity index (χ3v) is 3.76. The van der Waals surface area contributed by atoms with Gasteiger partial charge < -0.3 is 16.0 Å². The molecule has 0 heterocycles. The minimum absolute atomic E-state index is 0.0218. The minimum atomic E-state index is -0.260. The van der Waals surface area contributed by atoms with Crippen LogP contribution in [-0.2, 0) is 4.79 Å².